The number of benzene rings is 4. The average molecular weight is 670 g/mol. The van der Waals surface area contributed by atoms with Crippen LogP contribution in [0.15, 0.2) is 78.9 Å². The number of carbonyl (C=O) groups excluding carboxylic acids is 3. The smallest absolute Gasteiger partial charge is 0.258 e. The molecular formula is C37H36FN3O8. The molecule has 0 saturated carbocycles. The Morgan fingerprint density at radius 1 is 0.878 bits per heavy atom. The van der Waals surface area contributed by atoms with Gasteiger partial charge in [0.25, 0.3) is 17.7 Å². The second-order valence-corrected chi connectivity index (χ2v) is 11.6. The molecule has 0 unspecified atom stereocenters. The van der Waals surface area contributed by atoms with Gasteiger partial charge in [-0.3, -0.25) is 14.4 Å². The van der Waals surface area contributed by atoms with E-state index in [2.05, 4.69) is 10.6 Å². The molecule has 12 heteroatoms. The molecule has 11 nitrogen and oxygen atoms in total. The SMILES string of the molecule is COc1cc2ccc1CNC(=O)COc1cccc(c1)-c1ccc(F)c(c1)C(=O)N[C@@H]1CN(C(=O)c3cccc(OC)c3OC)CC[C@@H]1O2. The molecule has 0 aliphatic carbocycles. The number of nitrogens with one attached hydrogen (secondary N) is 2. The zero-order chi connectivity index (χ0) is 34.5. The van der Waals surface area contributed by atoms with Crippen molar-refractivity contribution in [2.75, 3.05) is 41.0 Å². The third-order valence-corrected chi connectivity index (χ3v) is 8.56. The number of carbonyl (C=O) groups is 3. The molecule has 0 radical (unpaired) electrons. The van der Waals surface area contributed by atoms with Gasteiger partial charge < -0.3 is 39.2 Å². The van der Waals surface area contributed by atoms with Crippen LogP contribution in [0.4, 0.5) is 4.39 Å². The van der Waals surface area contributed by atoms with Crippen molar-refractivity contribution < 1.29 is 42.5 Å². The zero-order valence-corrected chi connectivity index (χ0v) is 27.3. The monoisotopic (exact) mass is 669 g/mol. The molecule has 4 aromatic carbocycles. The highest BCUT2D eigenvalue weighted by atomic mass is 19.1. The summed E-state index contributed by atoms with van der Waals surface area (Å²) in [5.74, 6) is 0.0357. The molecule has 2 N–H and O–H groups in total. The number of rotatable bonds is 4. The van der Waals surface area contributed by atoms with Gasteiger partial charge in [-0.25, -0.2) is 4.39 Å². The van der Waals surface area contributed by atoms with Crippen LogP contribution in [0, 0.1) is 5.82 Å². The summed E-state index contributed by atoms with van der Waals surface area (Å²) in [6.45, 7) is 0.339. The lowest BCUT2D eigenvalue weighted by Crippen LogP contribution is -2.58. The van der Waals surface area contributed by atoms with Crippen LogP contribution in [-0.2, 0) is 11.3 Å². The molecule has 3 amide bonds. The maximum absolute atomic E-state index is 15.3. The van der Waals surface area contributed by atoms with E-state index in [-0.39, 0.29) is 37.1 Å². The van der Waals surface area contributed by atoms with E-state index >= 15 is 4.39 Å². The van der Waals surface area contributed by atoms with Crippen LogP contribution in [-0.4, -0.2) is 75.8 Å². The molecule has 2 atom stereocenters. The number of fused-ring (bicyclic) bond motifs is 7. The standard InChI is InChI=1S/C37H36FN3O8/c1-45-32-9-5-8-27(35(32)47-3)37(44)41-15-14-31-30(20-41)40-36(43)28-17-23(11-13-29(28)38)22-6-4-7-25(16-22)48-21-34(42)39-19-24-10-12-26(49-31)18-33(24)46-2/h4-13,16-18,30-31H,14-15,19-21H2,1-3H3,(H,39,42)(H,40,43)/t30-,31+/m1/s1. The zero-order valence-electron chi connectivity index (χ0n) is 27.3. The Morgan fingerprint density at radius 3 is 2.47 bits per heavy atom. The molecule has 1 saturated heterocycles. The lowest BCUT2D eigenvalue weighted by atomic mass is 9.98. The van der Waals surface area contributed by atoms with Gasteiger partial charge in [-0.1, -0.05) is 24.3 Å². The van der Waals surface area contributed by atoms with E-state index in [1.807, 2.05) is 0 Å². The van der Waals surface area contributed by atoms with Crippen LogP contribution in [0.25, 0.3) is 11.1 Å². The van der Waals surface area contributed by atoms with E-state index in [1.165, 1.54) is 33.5 Å². The number of hydrogen-bond acceptors (Lipinski definition) is 8. The molecule has 49 heavy (non-hydrogen) atoms. The number of nitrogens with zero attached hydrogens (tertiary/aromatic N) is 1. The molecule has 0 spiro atoms. The lowest BCUT2D eigenvalue weighted by Gasteiger charge is -2.39. The van der Waals surface area contributed by atoms with Gasteiger partial charge in [0.05, 0.1) is 38.5 Å². The number of ether oxygens (including phenoxy) is 5. The fraction of sp³-hybridized carbons (Fsp3) is 0.270. The number of likely N-dealkylation sites (tertiary alicyclic amines) is 1. The highest BCUT2D eigenvalue weighted by Gasteiger charge is 2.36. The minimum atomic E-state index is -0.739. The normalized spacial score (nSPS) is 17.8. The number of para-hydroxylation sites is 1. The Morgan fingerprint density at radius 2 is 1.67 bits per heavy atom. The highest BCUT2D eigenvalue weighted by molar-refractivity contribution is 5.98. The van der Waals surface area contributed by atoms with Gasteiger partial charge in [-0.05, 0) is 59.7 Å². The predicted molar refractivity (Wildman–Crippen MR) is 178 cm³/mol. The number of amides is 3. The maximum Gasteiger partial charge on any atom is 0.258 e. The first-order valence-electron chi connectivity index (χ1n) is 15.7. The Labute approximate surface area is 282 Å². The molecule has 3 heterocycles. The summed E-state index contributed by atoms with van der Waals surface area (Å²) in [5.41, 5.74) is 2.07. The van der Waals surface area contributed by atoms with Gasteiger partial charge >= 0.3 is 0 Å². The Kier molecular flexibility index (Phi) is 9.84. The minimum Gasteiger partial charge on any atom is -0.496 e. The van der Waals surface area contributed by atoms with Crippen LogP contribution >= 0.6 is 0 Å². The molecule has 1 fully saturated rings. The second-order valence-electron chi connectivity index (χ2n) is 11.6. The molecular weight excluding hydrogens is 633 g/mol. The fourth-order valence-corrected chi connectivity index (χ4v) is 6.02. The first-order chi connectivity index (χ1) is 23.8. The molecule has 3 aliphatic rings. The van der Waals surface area contributed by atoms with Gasteiger partial charge in [0.1, 0.15) is 29.2 Å². The van der Waals surface area contributed by atoms with Gasteiger partial charge in [0.15, 0.2) is 18.1 Å². The van der Waals surface area contributed by atoms with Crippen molar-refractivity contribution >= 4 is 17.7 Å². The van der Waals surface area contributed by atoms with E-state index in [4.69, 9.17) is 23.7 Å². The summed E-state index contributed by atoms with van der Waals surface area (Å²) in [6, 6.07) is 20.7. The van der Waals surface area contributed by atoms with E-state index < -0.39 is 23.9 Å². The maximum atomic E-state index is 15.3. The average Bonchev–Trinajstić information content (AvgIpc) is 3.13. The molecule has 254 valence electrons. The fourth-order valence-electron chi connectivity index (χ4n) is 6.02. The lowest BCUT2D eigenvalue weighted by molar-refractivity contribution is -0.123. The Bertz CT molecular complexity index is 1880. The van der Waals surface area contributed by atoms with Gasteiger partial charge in [-0.2, -0.15) is 0 Å². The summed E-state index contributed by atoms with van der Waals surface area (Å²) < 4.78 is 43.9. The Balaban J connectivity index is 1.36. The summed E-state index contributed by atoms with van der Waals surface area (Å²) >= 11 is 0. The van der Waals surface area contributed by atoms with Crippen LogP contribution in [0.2, 0.25) is 0 Å². The summed E-state index contributed by atoms with van der Waals surface area (Å²) in [5, 5.41) is 5.79. The first-order valence-corrected chi connectivity index (χ1v) is 15.7. The second kappa shape index (κ2) is 14.5. The summed E-state index contributed by atoms with van der Waals surface area (Å²) in [6.07, 6.45) is -0.251. The molecule has 6 bridgehead atoms. The van der Waals surface area contributed by atoms with Crippen LogP contribution in [0.1, 0.15) is 32.7 Å². The topological polar surface area (TPSA) is 125 Å². The van der Waals surface area contributed by atoms with E-state index in [9.17, 15) is 14.4 Å². The highest BCUT2D eigenvalue weighted by Crippen LogP contribution is 2.33. The summed E-state index contributed by atoms with van der Waals surface area (Å²) in [7, 11) is 4.47. The minimum absolute atomic E-state index is 0.0670. The molecule has 4 aromatic rings. The van der Waals surface area contributed by atoms with E-state index in [0.717, 1.165) is 0 Å². The summed E-state index contributed by atoms with van der Waals surface area (Å²) in [4.78, 5) is 41.9. The van der Waals surface area contributed by atoms with E-state index in [0.29, 0.717) is 64.0 Å². The van der Waals surface area contributed by atoms with Gasteiger partial charge in [-0.15, -0.1) is 0 Å². The van der Waals surface area contributed by atoms with Crippen molar-refractivity contribution in [2.24, 2.45) is 0 Å². The number of methoxy groups -OCH3 is 3. The first kappa shape index (κ1) is 33.1. The van der Waals surface area contributed by atoms with Crippen molar-refractivity contribution in [2.45, 2.75) is 25.1 Å². The van der Waals surface area contributed by atoms with Crippen LogP contribution in [0.3, 0.4) is 0 Å². The third kappa shape index (κ3) is 7.23. The van der Waals surface area contributed by atoms with E-state index in [1.54, 1.807) is 71.6 Å². The van der Waals surface area contributed by atoms with Crippen LogP contribution < -0.4 is 34.3 Å². The van der Waals surface area contributed by atoms with Crippen molar-refractivity contribution in [1.29, 1.82) is 0 Å². The molecule has 3 aliphatic heterocycles. The quantitative estimate of drug-likeness (QED) is 0.323. The van der Waals surface area contributed by atoms with Crippen molar-refractivity contribution in [3.05, 3.63) is 101 Å². The number of piperidine rings is 1. The largest absolute Gasteiger partial charge is 0.496 e. The third-order valence-electron chi connectivity index (χ3n) is 8.56. The predicted octanol–water partition coefficient (Wildman–Crippen LogP) is 4.62. The number of hydrogen-bond donors (Lipinski definition) is 2. The van der Waals surface area contributed by atoms with Gasteiger partial charge in [0.2, 0.25) is 0 Å². The van der Waals surface area contributed by atoms with Gasteiger partial charge in [0, 0.05) is 37.7 Å². The number of halogens is 1. The van der Waals surface area contributed by atoms with Crippen molar-refractivity contribution in [3.8, 4) is 39.9 Å². The molecule has 0 aromatic heterocycles. The van der Waals surface area contributed by atoms with Crippen LogP contribution in [0.5, 0.6) is 28.7 Å². The van der Waals surface area contributed by atoms with Crippen molar-refractivity contribution in [1.82, 2.24) is 15.5 Å². The van der Waals surface area contributed by atoms with Crippen molar-refractivity contribution in [3.63, 3.8) is 0 Å². The molecule has 7 rings (SSSR count). The Hall–Kier alpha value is -5.78.